The van der Waals surface area contributed by atoms with Crippen LogP contribution in [0, 0.1) is 0 Å². The van der Waals surface area contributed by atoms with Crippen molar-refractivity contribution in [2.24, 2.45) is 0 Å². The predicted molar refractivity (Wildman–Crippen MR) is 38.3 cm³/mol. The third-order valence-electron chi connectivity index (χ3n) is 1.36. The van der Waals surface area contributed by atoms with Crippen LogP contribution >= 0.6 is 46.4 Å². The summed E-state index contributed by atoms with van der Waals surface area (Å²) in [5.41, 5.74) is 0. The molecule has 1 aliphatic carbocycles. The summed E-state index contributed by atoms with van der Waals surface area (Å²) in [7, 11) is 0. The van der Waals surface area contributed by atoms with E-state index < -0.39 is 9.21 Å². The molecule has 0 aromatic heterocycles. The van der Waals surface area contributed by atoms with E-state index in [0.29, 0.717) is 0 Å². The zero-order valence-electron chi connectivity index (χ0n) is 4.09. The SMILES string of the molecule is CC1(Cl)C(Cl)C1(Cl)Cl. The molecule has 8 heavy (non-hydrogen) atoms. The minimum atomic E-state index is -0.921. The highest BCUT2D eigenvalue weighted by atomic mass is 35.5. The Balaban J connectivity index is 2.72. The average Bonchev–Trinajstić information content (AvgIpc) is 1.88. The molecule has 0 nitrogen and oxygen atoms in total. The van der Waals surface area contributed by atoms with Gasteiger partial charge >= 0.3 is 0 Å². The normalized spacial score (nSPS) is 51.4. The number of hydrogen-bond donors (Lipinski definition) is 0. The minimum Gasteiger partial charge on any atom is -0.118 e. The largest absolute Gasteiger partial charge is 0.156 e. The molecule has 0 aliphatic heterocycles. The van der Waals surface area contributed by atoms with E-state index in [4.69, 9.17) is 46.4 Å². The Bertz CT molecular complexity index is 103. The van der Waals surface area contributed by atoms with E-state index in [-0.39, 0.29) is 5.38 Å². The molecule has 0 N–H and O–H groups in total. The quantitative estimate of drug-likeness (QED) is 0.520. The van der Waals surface area contributed by atoms with Crippen molar-refractivity contribution in [3.05, 3.63) is 0 Å². The Labute approximate surface area is 68.0 Å². The van der Waals surface area contributed by atoms with E-state index in [1.54, 1.807) is 6.92 Å². The van der Waals surface area contributed by atoms with Crippen molar-refractivity contribution in [3.63, 3.8) is 0 Å². The van der Waals surface area contributed by atoms with E-state index in [1.807, 2.05) is 0 Å². The first-order valence-electron chi connectivity index (χ1n) is 2.11. The molecule has 4 heteroatoms. The van der Waals surface area contributed by atoms with Gasteiger partial charge in [0, 0.05) is 0 Å². The maximum Gasteiger partial charge on any atom is 0.156 e. The molecule has 1 fully saturated rings. The average molecular weight is 194 g/mol. The van der Waals surface area contributed by atoms with Crippen molar-refractivity contribution in [2.75, 3.05) is 0 Å². The maximum atomic E-state index is 5.69. The van der Waals surface area contributed by atoms with Gasteiger partial charge in [-0.15, -0.1) is 23.2 Å². The molecule has 1 rings (SSSR count). The maximum absolute atomic E-state index is 5.69. The fraction of sp³-hybridized carbons (Fsp3) is 1.00. The molecule has 2 unspecified atom stereocenters. The first-order chi connectivity index (χ1) is 3.40. The highest BCUT2D eigenvalue weighted by molar-refractivity contribution is 6.64. The molecule has 0 aromatic rings. The third kappa shape index (κ3) is 0.668. The summed E-state index contributed by atoms with van der Waals surface area (Å²) >= 11 is 22.4. The molecule has 0 heterocycles. The van der Waals surface area contributed by atoms with Gasteiger partial charge in [-0.25, -0.2) is 0 Å². The number of rotatable bonds is 0. The van der Waals surface area contributed by atoms with Crippen LogP contribution < -0.4 is 0 Å². The van der Waals surface area contributed by atoms with Crippen molar-refractivity contribution < 1.29 is 0 Å². The van der Waals surface area contributed by atoms with Crippen LogP contribution in [0.2, 0.25) is 0 Å². The Morgan fingerprint density at radius 3 is 1.38 bits per heavy atom. The lowest BCUT2D eigenvalue weighted by molar-refractivity contribution is 1.01. The van der Waals surface area contributed by atoms with Crippen molar-refractivity contribution in [2.45, 2.75) is 21.5 Å². The van der Waals surface area contributed by atoms with Crippen LogP contribution in [0.5, 0.6) is 0 Å². The minimum absolute atomic E-state index is 0.319. The summed E-state index contributed by atoms with van der Waals surface area (Å²) in [6.45, 7) is 1.71. The van der Waals surface area contributed by atoms with E-state index >= 15 is 0 Å². The Kier molecular flexibility index (Phi) is 1.46. The molecule has 0 bridgehead atoms. The van der Waals surface area contributed by atoms with Crippen molar-refractivity contribution in [1.82, 2.24) is 0 Å². The van der Waals surface area contributed by atoms with E-state index in [2.05, 4.69) is 0 Å². The Hall–Kier alpha value is 1.16. The molecule has 1 saturated carbocycles. The van der Waals surface area contributed by atoms with Crippen LogP contribution in [0.3, 0.4) is 0 Å². The number of hydrogen-bond acceptors (Lipinski definition) is 0. The summed E-state index contributed by atoms with van der Waals surface area (Å²) in [6, 6.07) is 0. The Morgan fingerprint density at radius 2 is 1.38 bits per heavy atom. The van der Waals surface area contributed by atoms with Gasteiger partial charge in [0.2, 0.25) is 0 Å². The monoisotopic (exact) mass is 192 g/mol. The first kappa shape index (κ1) is 7.27. The van der Waals surface area contributed by atoms with Gasteiger partial charge in [-0.2, -0.15) is 0 Å². The molecule has 0 aromatic carbocycles. The highest BCUT2D eigenvalue weighted by Gasteiger charge is 2.72. The zero-order valence-corrected chi connectivity index (χ0v) is 7.11. The number of halogens is 4. The van der Waals surface area contributed by atoms with Gasteiger partial charge in [0.25, 0.3) is 0 Å². The summed E-state index contributed by atoms with van der Waals surface area (Å²) in [5.74, 6) is 0. The van der Waals surface area contributed by atoms with Crippen LogP contribution in [-0.2, 0) is 0 Å². The van der Waals surface area contributed by atoms with Crippen LogP contribution in [0.4, 0.5) is 0 Å². The van der Waals surface area contributed by atoms with E-state index in [0.717, 1.165) is 0 Å². The second-order valence-corrected chi connectivity index (χ2v) is 4.67. The van der Waals surface area contributed by atoms with Crippen molar-refractivity contribution in [3.8, 4) is 0 Å². The summed E-state index contributed by atoms with van der Waals surface area (Å²) in [5, 5.41) is -0.319. The van der Waals surface area contributed by atoms with Gasteiger partial charge in [0.05, 0.1) is 10.3 Å². The van der Waals surface area contributed by atoms with Crippen LogP contribution in [-0.4, -0.2) is 14.6 Å². The standard InChI is InChI=1S/C4H4Cl4/c1-3(6)2(5)4(3,7)8/h2H,1H3. The predicted octanol–water partition coefficient (Wildman–Crippen LogP) is 2.78. The lowest BCUT2D eigenvalue weighted by Crippen LogP contribution is -2.00. The molecule has 0 radical (unpaired) electrons. The van der Waals surface area contributed by atoms with E-state index in [9.17, 15) is 0 Å². The molecule has 0 saturated heterocycles. The summed E-state index contributed by atoms with van der Waals surface area (Å²) < 4.78 is -0.921. The smallest absolute Gasteiger partial charge is 0.118 e. The molecule has 48 valence electrons. The molecular formula is C4H4Cl4. The third-order valence-corrected chi connectivity index (χ3v) is 4.39. The molecular weight excluding hydrogens is 190 g/mol. The lowest BCUT2D eigenvalue weighted by Gasteiger charge is -1.95. The molecule has 2 atom stereocenters. The van der Waals surface area contributed by atoms with Gasteiger partial charge in [-0.1, -0.05) is 23.2 Å². The van der Waals surface area contributed by atoms with Gasteiger partial charge in [-0.3, -0.25) is 0 Å². The fourth-order valence-electron chi connectivity index (χ4n) is 0.452. The van der Waals surface area contributed by atoms with Crippen LogP contribution in [0.25, 0.3) is 0 Å². The van der Waals surface area contributed by atoms with E-state index in [1.165, 1.54) is 0 Å². The molecule has 0 amide bonds. The molecule has 0 spiro atoms. The second-order valence-electron chi connectivity index (χ2n) is 2.06. The van der Waals surface area contributed by atoms with Gasteiger partial charge < -0.3 is 0 Å². The van der Waals surface area contributed by atoms with Crippen molar-refractivity contribution >= 4 is 46.4 Å². The van der Waals surface area contributed by atoms with Gasteiger partial charge in [0.15, 0.2) is 4.33 Å². The summed E-state index contributed by atoms with van der Waals surface area (Å²) in [4.78, 5) is -0.627. The second kappa shape index (κ2) is 1.60. The summed E-state index contributed by atoms with van der Waals surface area (Å²) in [6.07, 6.45) is 0. The molecule has 1 aliphatic rings. The Morgan fingerprint density at radius 1 is 1.25 bits per heavy atom. The van der Waals surface area contributed by atoms with Crippen LogP contribution in [0.15, 0.2) is 0 Å². The number of alkyl halides is 4. The van der Waals surface area contributed by atoms with Gasteiger partial charge in [-0.05, 0) is 6.92 Å². The van der Waals surface area contributed by atoms with Crippen molar-refractivity contribution in [1.29, 1.82) is 0 Å². The zero-order chi connectivity index (χ0) is 6.58. The highest BCUT2D eigenvalue weighted by Crippen LogP contribution is 2.63. The lowest BCUT2D eigenvalue weighted by atomic mass is 10.5. The van der Waals surface area contributed by atoms with Gasteiger partial charge in [0.1, 0.15) is 0 Å². The fourth-order valence-corrected chi connectivity index (χ4v) is 1.83. The topological polar surface area (TPSA) is 0 Å². The van der Waals surface area contributed by atoms with Crippen LogP contribution in [0.1, 0.15) is 6.92 Å². The first-order valence-corrected chi connectivity index (χ1v) is 3.68.